The highest BCUT2D eigenvalue weighted by atomic mass is 35.7. The van der Waals surface area contributed by atoms with E-state index in [4.69, 9.17) is 10.7 Å². The second-order valence-corrected chi connectivity index (χ2v) is 5.25. The number of hydrogen-bond donors (Lipinski definition) is 2. The largest absolute Gasteiger partial charge is 0.493 e. The van der Waals surface area contributed by atoms with E-state index in [-0.39, 0.29) is 5.69 Å². The maximum Gasteiger partial charge on any atom is 0.328 e. The minimum Gasteiger partial charge on any atom is -0.493 e. The molecule has 8 heteroatoms. The molecule has 0 unspecified atom stereocenters. The second kappa shape index (κ2) is 3.08. The Morgan fingerprint density at radius 1 is 1.62 bits per heavy atom. The maximum absolute atomic E-state index is 10.9. The first kappa shape index (κ1) is 10.1. The summed E-state index contributed by atoms with van der Waals surface area (Å²) in [5.74, 6) is -1.02. The summed E-state index contributed by atoms with van der Waals surface area (Å²) in [5.41, 5.74) is -0.699. The summed E-state index contributed by atoms with van der Waals surface area (Å²) >= 11 is 0. The average molecular weight is 227 g/mol. The van der Waals surface area contributed by atoms with Crippen LogP contribution in [0.25, 0.3) is 0 Å². The molecule has 74 valence electrons. The average Bonchev–Trinajstić information content (AvgIpc) is 2.15. The van der Waals surface area contributed by atoms with Gasteiger partial charge in [-0.25, -0.2) is 13.2 Å². The van der Waals surface area contributed by atoms with Gasteiger partial charge in [0.2, 0.25) is 14.9 Å². The molecule has 1 aromatic heterocycles. The topological polar surface area (TPSA) is 92.2 Å². The molecule has 1 rings (SSSR count). The first-order valence-corrected chi connectivity index (χ1v) is 5.68. The number of imidazole rings is 1. The lowest BCUT2D eigenvalue weighted by Gasteiger charge is -1.94. The Hall–Kier alpha value is -0.950. The zero-order valence-electron chi connectivity index (χ0n) is 6.61. The standard InChI is InChI=1S/C5H7ClN2O4S/c1-8-4(9)3(7-5(8)10)2-13(6,11)12/h9H,2H2,1H3,(H,7,10). The monoisotopic (exact) mass is 226 g/mol. The molecule has 0 bridgehead atoms. The molecule has 0 radical (unpaired) electrons. The van der Waals surface area contributed by atoms with E-state index in [0.29, 0.717) is 0 Å². The van der Waals surface area contributed by atoms with Crippen molar-refractivity contribution in [1.29, 1.82) is 0 Å². The van der Waals surface area contributed by atoms with Crippen molar-refractivity contribution in [3.05, 3.63) is 16.2 Å². The summed E-state index contributed by atoms with van der Waals surface area (Å²) in [4.78, 5) is 13.0. The molecule has 0 fully saturated rings. The van der Waals surface area contributed by atoms with Crippen LogP contribution >= 0.6 is 10.7 Å². The van der Waals surface area contributed by atoms with E-state index in [1.54, 1.807) is 0 Å². The van der Waals surface area contributed by atoms with Gasteiger partial charge in [0.05, 0.1) is 5.69 Å². The first-order chi connectivity index (χ1) is 5.81. The van der Waals surface area contributed by atoms with Gasteiger partial charge in [0.15, 0.2) is 0 Å². The van der Waals surface area contributed by atoms with Gasteiger partial charge in [0, 0.05) is 17.7 Å². The van der Waals surface area contributed by atoms with Gasteiger partial charge in [0.25, 0.3) is 0 Å². The fourth-order valence-electron chi connectivity index (χ4n) is 0.840. The zero-order valence-corrected chi connectivity index (χ0v) is 8.18. The fraction of sp³-hybridized carbons (Fsp3) is 0.400. The number of nitrogens with zero attached hydrogens (tertiary/aromatic N) is 1. The van der Waals surface area contributed by atoms with Crippen LogP contribution in [0.3, 0.4) is 0 Å². The summed E-state index contributed by atoms with van der Waals surface area (Å²) in [6.07, 6.45) is 0. The molecule has 0 aliphatic rings. The van der Waals surface area contributed by atoms with Crippen molar-refractivity contribution in [1.82, 2.24) is 9.55 Å². The van der Waals surface area contributed by atoms with E-state index in [1.807, 2.05) is 0 Å². The SMILES string of the molecule is Cn1c(O)c(CS(=O)(=O)Cl)[nH]c1=O. The molecule has 2 N–H and O–H groups in total. The highest BCUT2D eigenvalue weighted by Crippen LogP contribution is 2.15. The quantitative estimate of drug-likeness (QED) is 0.665. The van der Waals surface area contributed by atoms with Gasteiger partial charge in [-0.3, -0.25) is 4.57 Å². The molecule has 1 aromatic rings. The van der Waals surface area contributed by atoms with Crippen LogP contribution in [-0.2, 0) is 21.9 Å². The van der Waals surface area contributed by atoms with Gasteiger partial charge in [-0.2, -0.15) is 0 Å². The third-order valence-electron chi connectivity index (χ3n) is 1.47. The van der Waals surface area contributed by atoms with Crippen molar-refractivity contribution in [2.45, 2.75) is 5.75 Å². The van der Waals surface area contributed by atoms with Crippen molar-refractivity contribution in [2.24, 2.45) is 7.05 Å². The molecule has 0 atom stereocenters. The summed E-state index contributed by atoms with van der Waals surface area (Å²) in [5, 5.41) is 9.19. The number of aromatic amines is 1. The molecule has 13 heavy (non-hydrogen) atoms. The lowest BCUT2D eigenvalue weighted by atomic mass is 10.5. The smallest absolute Gasteiger partial charge is 0.328 e. The lowest BCUT2D eigenvalue weighted by molar-refractivity contribution is 0.425. The number of rotatable bonds is 2. The molecule has 0 saturated carbocycles. The summed E-state index contributed by atoms with van der Waals surface area (Å²) in [7, 11) is 2.46. The molecule has 0 saturated heterocycles. The molecular weight excluding hydrogens is 220 g/mol. The van der Waals surface area contributed by atoms with Gasteiger partial charge in [0.1, 0.15) is 5.75 Å². The second-order valence-electron chi connectivity index (χ2n) is 2.47. The predicted molar refractivity (Wildman–Crippen MR) is 46.2 cm³/mol. The minimum absolute atomic E-state index is 0.109. The Morgan fingerprint density at radius 3 is 2.46 bits per heavy atom. The van der Waals surface area contributed by atoms with Crippen LogP contribution in [0.15, 0.2) is 4.79 Å². The van der Waals surface area contributed by atoms with E-state index in [1.165, 1.54) is 7.05 Å². The summed E-state index contributed by atoms with van der Waals surface area (Å²) in [6, 6.07) is 0. The Kier molecular flexibility index (Phi) is 2.40. The Morgan fingerprint density at radius 2 is 2.15 bits per heavy atom. The van der Waals surface area contributed by atoms with Crippen LogP contribution in [0, 0.1) is 0 Å². The molecule has 0 aliphatic heterocycles. The van der Waals surface area contributed by atoms with Gasteiger partial charge in [-0.15, -0.1) is 0 Å². The van der Waals surface area contributed by atoms with Crippen molar-refractivity contribution in [3.8, 4) is 5.88 Å². The Bertz CT molecular complexity index is 471. The third-order valence-corrected chi connectivity index (χ3v) is 2.43. The number of nitrogens with one attached hydrogen (secondary N) is 1. The van der Waals surface area contributed by atoms with E-state index in [2.05, 4.69) is 4.98 Å². The molecule has 1 heterocycles. The third kappa shape index (κ3) is 2.25. The highest BCUT2D eigenvalue weighted by molar-refractivity contribution is 8.13. The van der Waals surface area contributed by atoms with Crippen LogP contribution in [0.4, 0.5) is 0 Å². The van der Waals surface area contributed by atoms with Crippen molar-refractivity contribution in [3.63, 3.8) is 0 Å². The first-order valence-electron chi connectivity index (χ1n) is 3.20. The van der Waals surface area contributed by atoms with E-state index < -0.39 is 26.4 Å². The van der Waals surface area contributed by atoms with Crippen molar-refractivity contribution >= 4 is 19.7 Å². The highest BCUT2D eigenvalue weighted by Gasteiger charge is 2.16. The molecule has 0 amide bonds. The van der Waals surface area contributed by atoms with Crippen LogP contribution in [0.1, 0.15) is 5.69 Å². The number of H-pyrrole nitrogens is 1. The molecular formula is C5H7ClN2O4S. The Balaban J connectivity index is 3.18. The summed E-state index contributed by atoms with van der Waals surface area (Å²) < 4.78 is 22.1. The minimum atomic E-state index is -3.77. The van der Waals surface area contributed by atoms with Crippen LogP contribution < -0.4 is 5.69 Å². The van der Waals surface area contributed by atoms with Gasteiger partial charge in [-0.05, 0) is 0 Å². The lowest BCUT2D eigenvalue weighted by Crippen LogP contribution is -2.11. The predicted octanol–water partition coefficient (Wildman–Crippen LogP) is -0.512. The number of aromatic hydroxyl groups is 1. The van der Waals surface area contributed by atoms with Crippen molar-refractivity contribution < 1.29 is 13.5 Å². The van der Waals surface area contributed by atoms with Crippen LogP contribution in [0.2, 0.25) is 0 Å². The number of halogens is 1. The number of hydrogen-bond acceptors (Lipinski definition) is 4. The Labute approximate surface area is 78.2 Å². The van der Waals surface area contributed by atoms with Crippen LogP contribution in [-0.4, -0.2) is 23.1 Å². The molecule has 0 aromatic carbocycles. The van der Waals surface area contributed by atoms with E-state index in [9.17, 15) is 18.3 Å². The summed E-state index contributed by atoms with van der Waals surface area (Å²) in [6.45, 7) is 0. The number of aromatic nitrogens is 2. The molecule has 0 aliphatic carbocycles. The molecule has 6 nitrogen and oxygen atoms in total. The van der Waals surface area contributed by atoms with Gasteiger partial charge >= 0.3 is 5.69 Å². The van der Waals surface area contributed by atoms with Crippen LogP contribution in [0.5, 0.6) is 5.88 Å². The normalized spacial score (nSPS) is 11.8. The van der Waals surface area contributed by atoms with E-state index >= 15 is 0 Å². The zero-order chi connectivity index (χ0) is 10.2. The fourth-order valence-corrected chi connectivity index (χ4v) is 1.71. The molecule has 0 spiro atoms. The van der Waals surface area contributed by atoms with Crippen molar-refractivity contribution in [2.75, 3.05) is 0 Å². The van der Waals surface area contributed by atoms with Gasteiger partial charge in [-0.1, -0.05) is 0 Å². The van der Waals surface area contributed by atoms with E-state index in [0.717, 1.165) is 4.57 Å². The van der Waals surface area contributed by atoms with Gasteiger partial charge < -0.3 is 10.1 Å². The maximum atomic E-state index is 10.9.